The molecular weight excluding hydrogens is 355 g/mol. The third kappa shape index (κ3) is 5.00. The number of benzene rings is 1. The van der Waals surface area contributed by atoms with Crippen molar-refractivity contribution in [1.29, 1.82) is 0 Å². The molecule has 1 amide bonds. The summed E-state index contributed by atoms with van der Waals surface area (Å²) in [6.07, 6.45) is 2.00. The first kappa shape index (κ1) is 19.2. The van der Waals surface area contributed by atoms with Crippen molar-refractivity contribution in [3.8, 4) is 5.88 Å². The van der Waals surface area contributed by atoms with E-state index in [4.69, 9.17) is 4.74 Å². The minimum absolute atomic E-state index is 0.0115. The predicted octanol–water partition coefficient (Wildman–Crippen LogP) is 1.21. The lowest BCUT2D eigenvalue weighted by molar-refractivity contribution is -0.279. The number of nitrogens with one attached hydrogen (secondary N) is 1. The van der Waals surface area contributed by atoms with Gasteiger partial charge in [0.15, 0.2) is 0 Å². The highest BCUT2D eigenvalue weighted by atomic mass is 19.1. The zero-order valence-corrected chi connectivity index (χ0v) is 14.7. The number of amides is 1. The van der Waals surface area contributed by atoms with E-state index in [0.717, 1.165) is 12.5 Å². The molecule has 3 rings (SSSR count). The highest BCUT2D eigenvalue weighted by molar-refractivity contribution is 5.83. The second-order valence-corrected chi connectivity index (χ2v) is 6.71. The summed E-state index contributed by atoms with van der Waals surface area (Å²) in [5.41, 5.74) is 1.33. The number of hydrogen-bond acceptors (Lipinski definition) is 6. The van der Waals surface area contributed by atoms with Crippen LogP contribution in [0, 0.1) is 11.7 Å². The Morgan fingerprint density at radius 1 is 1.41 bits per heavy atom. The Hall–Kier alpha value is -2.55. The fourth-order valence-corrected chi connectivity index (χ4v) is 2.96. The SMILES string of the molecule is CC(O)(O)Oc1ccc(C(CO)NC(=O)C2CC2c2cccc(F)c2)cn1. The molecule has 0 spiro atoms. The summed E-state index contributed by atoms with van der Waals surface area (Å²) in [7, 11) is 0. The van der Waals surface area contributed by atoms with Crippen molar-refractivity contribution in [3.63, 3.8) is 0 Å². The van der Waals surface area contributed by atoms with Crippen molar-refractivity contribution >= 4 is 5.91 Å². The molecule has 3 atom stereocenters. The number of carbonyl (C=O) groups is 1. The van der Waals surface area contributed by atoms with E-state index in [1.54, 1.807) is 18.2 Å². The number of carbonyl (C=O) groups excluding carboxylic acids is 1. The highest BCUT2D eigenvalue weighted by Crippen LogP contribution is 2.47. The standard InChI is InChI=1S/C19H21FN2O5/c1-19(25,26)27-17-6-5-12(9-21-17)16(10-23)22-18(24)15-8-14(15)11-3-2-4-13(20)7-11/h2-7,9,14-16,23,25-26H,8,10H2,1H3,(H,22,24). The van der Waals surface area contributed by atoms with Crippen molar-refractivity contribution < 1.29 is 29.2 Å². The molecule has 0 aliphatic heterocycles. The van der Waals surface area contributed by atoms with E-state index in [9.17, 15) is 24.5 Å². The molecule has 0 radical (unpaired) electrons. The van der Waals surface area contributed by atoms with Gasteiger partial charge in [0, 0.05) is 25.1 Å². The average Bonchev–Trinajstić information content (AvgIpc) is 3.40. The van der Waals surface area contributed by atoms with Crippen LogP contribution < -0.4 is 10.1 Å². The van der Waals surface area contributed by atoms with E-state index in [2.05, 4.69) is 10.3 Å². The topological polar surface area (TPSA) is 112 Å². The quantitative estimate of drug-likeness (QED) is 0.541. The number of hydrogen-bond donors (Lipinski definition) is 4. The van der Waals surface area contributed by atoms with Crippen LogP contribution in [0.15, 0.2) is 42.6 Å². The van der Waals surface area contributed by atoms with E-state index in [1.807, 2.05) is 0 Å². The van der Waals surface area contributed by atoms with Crippen LogP contribution in [0.4, 0.5) is 4.39 Å². The minimum Gasteiger partial charge on any atom is -0.422 e. The third-order valence-electron chi connectivity index (χ3n) is 4.36. The minimum atomic E-state index is -2.35. The Bertz CT molecular complexity index is 806. The van der Waals surface area contributed by atoms with Gasteiger partial charge >= 0.3 is 5.97 Å². The van der Waals surface area contributed by atoms with Crippen molar-refractivity contribution in [2.45, 2.75) is 31.3 Å². The van der Waals surface area contributed by atoms with Gasteiger partial charge in [0.05, 0.1) is 12.6 Å². The smallest absolute Gasteiger partial charge is 0.320 e. The monoisotopic (exact) mass is 376 g/mol. The Balaban J connectivity index is 1.61. The molecule has 144 valence electrons. The molecule has 2 aromatic rings. The number of aliphatic hydroxyl groups is 3. The second kappa shape index (κ2) is 7.59. The maximum atomic E-state index is 13.3. The summed E-state index contributed by atoms with van der Waals surface area (Å²) in [6.45, 7) is 0.715. The van der Waals surface area contributed by atoms with Crippen LogP contribution in [-0.2, 0) is 4.79 Å². The molecule has 1 heterocycles. The van der Waals surface area contributed by atoms with E-state index in [1.165, 1.54) is 24.4 Å². The first-order valence-electron chi connectivity index (χ1n) is 8.53. The number of aromatic nitrogens is 1. The molecule has 1 saturated carbocycles. The molecule has 27 heavy (non-hydrogen) atoms. The Morgan fingerprint density at radius 3 is 2.78 bits per heavy atom. The van der Waals surface area contributed by atoms with Gasteiger partial charge in [-0.1, -0.05) is 12.1 Å². The van der Waals surface area contributed by atoms with Crippen molar-refractivity contribution in [3.05, 3.63) is 59.5 Å². The molecule has 4 N–H and O–H groups in total. The molecule has 3 unspecified atom stereocenters. The number of halogens is 1. The molecule has 0 saturated heterocycles. The van der Waals surface area contributed by atoms with Crippen LogP contribution >= 0.6 is 0 Å². The second-order valence-electron chi connectivity index (χ2n) is 6.71. The van der Waals surface area contributed by atoms with Crippen LogP contribution in [0.1, 0.15) is 36.4 Å². The molecule has 1 aliphatic carbocycles. The summed E-state index contributed by atoms with van der Waals surface area (Å²) in [6, 6.07) is 8.51. The van der Waals surface area contributed by atoms with E-state index in [-0.39, 0.29) is 36.0 Å². The van der Waals surface area contributed by atoms with Gasteiger partial charge in [-0.05, 0) is 41.7 Å². The van der Waals surface area contributed by atoms with Crippen molar-refractivity contribution in [2.24, 2.45) is 5.92 Å². The molecule has 1 fully saturated rings. The van der Waals surface area contributed by atoms with Crippen LogP contribution in [0.2, 0.25) is 0 Å². The number of rotatable bonds is 7. The number of ether oxygens (including phenoxy) is 1. The lowest BCUT2D eigenvalue weighted by Gasteiger charge is -2.19. The molecular formula is C19H21FN2O5. The zero-order valence-electron chi connectivity index (χ0n) is 14.7. The zero-order chi connectivity index (χ0) is 19.6. The fourth-order valence-electron chi connectivity index (χ4n) is 2.96. The maximum Gasteiger partial charge on any atom is 0.320 e. The summed E-state index contributed by atoms with van der Waals surface area (Å²) in [5.74, 6) is -3.20. The summed E-state index contributed by atoms with van der Waals surface area (Å²) in [4.78, 5) is 16.4. The first-order valence-corrected chi connectivity index (χ1v) is 8.53. The van der Waals surface area contributed by atoms with Gasteiger partial charge in [0.25, 0.3) is 0 Å². The van der Waals surface area contributed by atoms with Crippen LogP contribution in [0.3, 0.4) is 0 Å². The molecule has 1 aromatic carbocycles. The van der Waals surface area contributed by atoms with Gasteiger partial charge in [-0.25, -0.2) is 9.37 Å². The van der Waals surface area contributed by atoms with Crippen LogP contribution in [0.25, 0.3) is 0 Å². The first-order chi connectivity index (χ1) is 12.8. The Labute approximate surface area is 155 Å². The van der Waals surface area contributed by atoms with E-state index < -0.39 is 12.0 Å². The third-order valence-corrected chi connectivity index (χ3v) is 4.36. The largest absolute Gasteiger partial charge is 0.422 e. The van der Waals surface area contributed by atoms with Crippen molar-refractivity contribution in [1.82, 2.24) is 10.3 Å². The highest BCUT2D eigenvalue weighted by Gasteiger charge is 2.44. The molecule has 7 nitrogen and oxygen atoms in total. The Morgan fingerprint density at radius 2 is 2.19 bits per heavy atom. The van der Waals surface area contributed by atoms with Gasteiger partial charge in [0.1, 0.15) is 5.82 Å². The van der Waals surface area contributed by atoms with Gasteiger partial charge in [0.2, 0.25) is 11.8 Å². The number of nitrogens with zero attached hydrogens (tertiary/aromatic N) is 1. The van der Waals surface area contributed by atoms with Crippen LogP contribution in [0.5, 0.6) is 5.88 Å². The van der Waals surface area contributed by atoms with Gasteiger partial charge in [-0.15, -0.1) is 0 Å². The number of pyridine rings is 1. The van der Waals surface area contributed by atoms with E-state index >= 15 is 0 Å². The molecule has 0 bridgehead atoms. The molecule has 1 aliphatic rings. The van der Waals surface area contributed by atoms with E-state index in [0.29, 0.717) is 12.0 Å². The normalized spacial score (nSPS) is 20.0. The molecule has 1 aromatic heterocycles. The average molecular weight is 376 g/mol. The lowest BCUT2D eigenvalue weighted by atomic mass is 10.1. The summed E-state index contributed by atoms with van der Waals surface area (Å²) in [5, 5.41) is 30.7. The fraction of sp³-hybridized carbons (Fsp3) is 0.368. The van der Waals surface area contributed by atoms with Crippen molar-refractivity contribution in [2.75, 3.05) is 6.61 Å². The Kier molecular flexibility index (Phi) is 5.41. The number of aliphatic hydroxyl groups excluding tert-OH is 1. The van der Waals surface area contributed by atoms with Crippen LogP contribution in [-0.4, -0.2) is 38.8 Å². The van der Waals surface area contributed by atoms with Gasteiger partial charge < -0.3 is 25.4 Å². The van der Waals surface area contributed by atoms with Gasteiger partial charge in [-0.3, -0.25) is 4.79 Å². The maximum absolute atomic E-state index is 13.3. The lowest BCUT2D eigenvalue weighted by Crippen LogP contribution is -2.33. The molecule has 8 heteroatoms. The summed E-state index contributed by atoms with van der Waals surface area (Å²) < 4.78 is 18.1. The predicted molar refractivity (Wildman–Crippen MR) is 92.9 cm³/mol. The summed E-state index contributed by atoms with van der Waals surface area (Å²) >= 11 is 0. The van der Waals surface area contributed by atoms with Gasteiger partial charge in [-0.2, -0.15) is 0 Å².